The second-order valence-electron chi connectivity index (χ2n) is 5.09. The zero-order valence-electron chi connectivity index (χ0n) is 12.0. The van der Waals surface area contributed by atoms with Gasteiger partial charge < -0.3 is 10.4 Å². The van der Waals surface area contributed by atoms with Crippen LogP contribution in [0.25, 0.3) is 0 Å². The number of rotatable bonds is 6. The number of carbonyl (C=O) groups is 2. The van der Waals surface area contributed by atoms with Crippen molar-refractivity contribution in [3.05, 3.63) is 29.8 Å². The molecule has 0 spiro atoms. The summed E-state index contributed by atoms with van der Waals surface area (Å²) in [5, 5.41) is 11.5. The second-order valence-corrected chi connectivity index (χ2v) is 7.18. The van der Waals surface area contributed by atoms with Crippen LogP contribution in [0.5, 0.6) is 0 Å². The van der Waals surface area contributed by atoms with Crippen molar-refractivity contribution < 1.29 is 23.1 Å². The number of hydrogen-bond acceptors (Lipinski definition) is 4. The lowest BCUT2D eigenvalue weighted by molar-refractivity contribution is -0.136. The van der Waals surface area contributed by atoms with Crippen molar-refractivity contribution in [1.29, 1.82) is 0 Å². The minimum Gasteiger partial charge on any atom is -0.481 e. The summed E-state index contributed by atoms with van der Waals surface area (Å²) in [6.07, 6.45) is 0.447. The van der Waals surface area contributed by atoms with Crippen molar-refractivity contribution in [1.82, 2.24) is 4.31 Å². The molecule has 7 nitrogen and oxygen atoms in total. The number of benzene rings is 1. The molecule has 0 radical (unpaired) electrons. The summed E-state index contributed by atoms with van der Waals surface area (Å²) in [7, 11) is -3.20. The van der Waals surface area contributed by atoms with Crippen LogP contribution < -0.4 is 5.32 Å². The summed E-state index contributed by atoms with van der Waals surface area (Å²) in [6.45, 7) is 0.598. The lowest BCUT2D eigenvalue weighted by Gasteiger charge is -2.14. The van der Waals surface area contributed by atoms with E-state index >= 15 is 0 Å². The van der Waals surface area contributed by atoms with E-state index in [1.165, 1.54) is 4.31 Å². The number of amides is 1. The van der Waals surface area contributed by atoms with Crippen molar-refractivity contribution in [2.45, 2.75) is 19.3 Å². The van der Waals surface area contributed by atoms with Crippen molar-refractivity contribution in [2.75, 3.05) is 24.2 Å². The Kier molecular flexibility index (Phi) is 5.15. The Hall–Kier alpha value is -1.93. The van der Waals surface area contributed by atoms with Crippen LogP contribution in [0.3, 0.4) is 0 Å². The number of nitrogens with zero attached hydrogens (tertiary/aromatic N) is 1. The molecule has 1 heterocycles. The molecule has 120 valence electrons. The third-order valence-corrected chi connectivity index (χ3v) is 5.38. The van der Waals surface area contributed by atoms with Gasteiger partial charge >= 0.3 is 5.97 Å². The van der Waals surface area contributed by atoms with Crippen molar-refractivity contribution >= 4 is 27.6 Å². The fourth-order valence-electron chi connectivity index (χ4n) is 2.34. The topological polar surface area (TPSA) is 104 Å². The Morgan fingerprint density at radius 1 is 1.27 bits per heavy atom. The van der Waals surface area contributed by atoms with Crippen molar-refractivity contribution in [3.8, 4) is 0 Å². The number of carboxylic acids is 1. The van der Waals surface area contributed by atoms with E-state index in [0.29, 0.717) is 24.2 Å². The monoisotopic (exact) mass is 326 g/mol. The molecule has 1 aromatic rings. The van der Waals surface area contributed by atoms with Gasteiger partial charge in [0.1, 0.15) is 0 Å². The summed E-state index contributed by atoms with van der Waals surface area (Å²) in [6, 6.07) is 6.66. The predicted molar refractivity (Wildman–Crippen MR) is 81.0 cm³/mol. The van der Waals surface area contributed by atoms with Gasteiger partial charge in [0, 0.05) is 25.2 Å². The molecular weight excluding hydrogens is 308 g/mol. The number of anilines is 1. The quantitative estimate of drug-likeness (QED) is 0.800. The summed E-state index contributed by atoms with van der Waals surface area (Å²) < 4.78 is 24.6. The van der Waals surface area contributed by atoms with Gasteiger partial charge in [0.15, 0.2) is 0 Å². The number of carboxylic acid groups (broad SMARTS) is 1. The molecule has 2 rings (SSSR count). The zero-order chi connectivity index (χ0) is 16.2. The van der Waals surface area contributed by atoms with Crippen LogP contribution in [0.15, 0.2) is 24.3 Å². The molecule has 0 aliphatic carbocycles. The van der Waals surface area contributed by atoms with Crippen LogP contribution >= 0.6 is 0 Å². The maximum atomic E-state index is 11.9. The van der Waals surface area contributed by atoms with Crippen LogP contribution in [0, 0.1) is 0 Å². The second kappa shape index (κ2) is 6.89. The molecule has 2 N–H and O–H groups in total. The van der Waals surface area contributed by atoms with E-state index in [9.17, 15) is 18.0 Å². The average molecular weight is 326 g/mol. The highest BCUT2D eigenvalue weighted by Crippen LogP contribution is 2.17. The Balaban J connectivity index is 1.94. The Morgan fingerprint density at radius 2 is 2.00 bits per heavy atom. The molecule has 0 unspecified atom stereocenters. The molecule has 1 aromatic carbocycles. The van der Waals surface area contributed by atoms with E-state index in [4.69, 9.17) is 5.11 Å². The van der Waals surface area contributed by atoms with Crippen LogP contribution in [0.4, 0.5) is 5.69 Å². The molecule has 0 aromatic heterocycles. The first-order valence-electron chi connectivity index (χ1n) is 6.96. The zero-order valence-corrected chi connectivity index (χ0v) is 12.8. The SMILES string of the molecule is O=C(O)Cc1ccccc1NC(=O)CCN1CCCS1(=O)=O. The van der Waals surface area contributed by atoms with E-state index in [2.05, 4.69) is 5.32 Å². The molecule has 1 aliphatic rings. The number of sulfonamides is 1. The normalized spacial score (nSPS) is 17.3. The van der Waals surface area contributed by atoms with Gasteiger partial charge in [-0.25, -0.2) is 12.7 Å². The minimum absolute atomic E-state index is 0.0423. The number of para-hydroxylation sites is 1. The van der Waals surface area contributed by atoms with E-state index < -0.39 is 16.0 Å². The first kappa shape index (κ1) is 16.4. The van der Waals surface area contributed by atoms with E-state index in [-0.39, 0.29) is 31.0 Å². The van der Waals surface area contributed by atoms with Gasteiger partial charge in [-0.1, -0.05) is 18.2 Å². The Bertz CT molecular complexity index is 672. The summed E-state index contributed by atoms with van der Waals surface area (Å²) in [4.78, 5) is 22.7. The van der Waals surface area contributed by atoms with Gasteiger partial charge in [0.05, 0.1) is 12.2 Å². The highest BCUT2D eigenvalue weighted by Gasteiger charge is 2.28. The molecule has 1 amide bonds. The van der Waals surface area contributed by atoms with Crippen LogP contribution in [0.1, 0.15) is 18.4 Å². The molecule has 0 saturated carbocycles. The highest BCUT2D eigenvalue weighted by molar-refractivity contribution is 7.89. The minimum atomic E-state index is -3.20. The van der Waals surface area contributed by atoms with Crippen molar-refractivity contribution in [3.63, 3.8) is 0 Å². The molecule has 0 bridgehead atoms. The fraction of sp³-hybridized carbons (Fsp3) is 0.429. The maximum Gasteiger partial charge on any atom is 0.307 e. The maximum absolute atomic E-state index is 11.9. The van der Waals surface area contributed by atoms with Gasteiger partial charge in [0.2, 0.25) is 15.9 Å². The fourth-order valence-corrected chi connectivity index (χ4v) is 3.87. The molecule has 22 heavy (non-hydrogen) atoms. The standard InChI is InChI=1S/C14H18N2O5S/c17-13(6-8-16-7-3-9-22(16,20)21)15-12-5-2-1-4-11(12)10-14(18)19/h1-2,4-5H,3,6-10H2,(H,15,17)(H,18,19). The first-order valence-corrected chi connectivity index (χ1v) is 8.57. The summed E-state index contributed by atoms with van der Waals surface area (Å²) >= 11 is 0. The number of carbonyl (C=O) groups excluding carboxylic acids is 1. The molecule has 1 saturated heterocycles. The van der Waals surface area contributed by atoms with E-state index in [0.717, 1.165) is 0 Å². The van der Waals surface area contributed by atoms with Gasteiger partial charge in [-0.05, 0) is 18.1 Å². The lowest BCUT2D eigenvalue weighted by atomic mass is 10.1. The third kappa shape index (κ3) is 4.28. The third-order valence-electron chi connectivity index (χ3n) is 3.42. The van der Waals surface area contributed by atoms with Crippen LogP contribution in [-0.4, -0.2) is 48.5 Å². The number of aliphatic carboxylic acids is 1. The van der Waals surface area contributed by atoms with E-state index in [1.807, 2.05) is 0 Å². The van der Waals surface area contributed by atoms with Gasteiger partial charge in [-0.2, -0.15) is 0 Å². The number of hydrogen-bond donors (Lipinski definition) is 2. The molecule has 1 fully saturated rings. The van der Waals surface area contributed by atoms with Gasteiger partial charge in [0.25, 0.3) is 0 Å². The number of nitrogens with one attached hydrogen (secondary N) is 1. The average Bonchev–Trinajstić information content (AvgIpc) is 2.77. The lowest BCUT2D eigenvalue weighted by Crippen LogP contribution is -2.29. The Labute approximate surface area is 129 Å². The molecular formula is C14H18N2O5S. The predicted octanol–water partition coefficient (Wildman–Crippen LogP) is 0.678. The van der Waals surface area contributed by atoms with E-state index in [1.54, 1.807) is 24.3 Å². The summed E-state index contributed by atoms with van der Waals surface area (Å²) in [5.41, 5.74) is 0.955. The molecule has 0 atom stereocenters. The van der Waals surface area contributed by atoms with Crippen LogP contribution in [0.2, 0.25) is 0 Å². The Morgan fingerprint density at radius 3 is 2.64 bits per heavy atom. The smallest absolute Gasteiger partial charge is 0.307 e. The largest absolute Gasteiger partial charge is 0.481 e. The van der Waals surface area contributed by atoms with Gasteiger partial charge in [-0.3, -0.25) is 9.59 Å². The molecule has 8 heteroatoms. The highest BCUT2D eigenvalue weighted by atomic mass is 32.2. The van der Waals surface area contributed by atoms with Gasteiger partial charge in [-0.15, -0.1) is 0 Å². The summed E-state index contributed by atoms with van der Waals surface area (Å²) in [5.74, 6) is -1.18. The van der Waals surface area contributed by atoms with Crippen molar-refractivity contribution in [2.24, 2.45) is 0 Å². The molecule has 1 aliphatic heterocycles. The van der Waals surface area contributed by atoms with Crippen LogP contribution in [-0.2, 0) is 26.0 Å². The first-order chi connectivity index (χ1) is 10.4.